The topological polar surface area (TPSA) is 67.5 Å². The van der Waals surface area contributed by atoms with Crippen molar-refractivity contribution in [1.82, 2.24) is 4.98 Å². The van der Waals surface area contributed by atoms with Gasteiger partial charge in [-0.15, -0.1) is 11.3 Å². The van der Waals surface area contributed by atoms with Crippen LogP contribution in [0.25, 0.3) is 22.2 Å². The van der Waals surface area contributed by atoms with E-state index in [1.165, 1.54) is 11.3 Å². The summed E-state index contributed by atoms with van der Waals surface area (Å²) in [4.78, 5) is 16.7. The first-order chi connectivity index (χ1) is 13.1. The van der Waals surface area contributed by atoms with Gasteiger partial charge in [0.1, 0.15) is 5.58 Å². The van der Waals surface area contributed by atoms with Crippen molar-refractivity contribution in [3.63, 3.8) is 0 Å². The van der Waals surface area contributed by atoms with E-state index in [9.17, 15) is 4.79 Å². The average molecular weight is 461 g/mol. The Labute approximate surface area is 171 Å². The van der Waals surface area contributed by atoms with Crippen molar-refractivity contribution < 1.29 is 4.42 Å². The van der Waals surface area contributed by atoms with Crippen LogP contribution in [-0.4, -0.2) is 11.2 Å². The molecule has 0 atom stereocenters. The Morgan fingerprint density at radius 2 is 2.00 bits per heavy atom. The Morgan fingerprint density at radius 3 is 2.81 bits per heavy atom. The molecule has 27 heavy (non-hydrogen) atoms. The van der Waals surface area contributed by atoms with Crippen molar-refractivity contribution in [1.29, 1.82) is 0 Å². The lowest BCUT2D eigenvalue weighted by Crippen LogP contribution is -2.03. The van der Waals surface area contributed by atoms with Crippen LogP contribution in [0.1, 0.15) is 5.56 Å². The Morgan fingerprint density at radius 1 is 1.19 bits per heavy atom. The second kappa shape index (κ2) is 7.64. The molecular formula is C19H11BrClN3O2S. The van der Waals surface area contributed by atoms with E-state index in [1.807, 2.05) is 24.3 Å². The molecular weight excluding hydrogens is 450 g/mol. The van der Waals surface area contributed by atoms with Crippen molar-refractivity contribution in [2.45, 2.75) is 0 Å². The lowest BCUT2D eigenvalue weighted by atomic mass is 10.1. The molecule has 134 valence electrons. The lowest BCUT2D eigenvalue weighted by Gasteiger charge is -2.00. The van der Waals surface area contributed by atoms with Gasteiger partial charge < -0.3 is 4.42 Å². The number of hydrogen-bond acceptors (Lipinski definition) is 6. The molecule has 0 amide bonds. The molecule has 0 aliphatic heterocycles. The number of benzene rings is 2. The van der Waals surface area contributed by atoms with Gasteiger partial charge in [-0.2, -0.15) is 5.10 Å². The second-order valence-electron chi connectivity index (χ2n) is 5.59. The smallest absolute Gasteiger partial charge is 0.345 e. The molecule has 4 rings (SSSR count). The van der Waals surface area contributed by atoms with Gasteiger partial charge in [0, 0.05) is 20.3 Å². The quantitative estimate of drug-likeness (QED) is 0.238. The summed E-state index contributed by atoms with van der Waals surface area (Å²) in [6.45, 7) is 0. The van der Waals surface area contributed by atoms with Crippen LogP contribution < -0.4 is 11.1 Å². The first-order valence-electron chi connectivity index (χ1n) is 7.82. The van der Waals surface area contributed by atoms with Crippen LogP contribution in [0.3, 0.4) is 0 Å². The Bertz CT molecular complexity index is 1200. The van der Waals surface area contributed by atoms with Crippen LogP contribution in [0.5, 0.6) is 0 Å². The molecule has 0 aliphatic rings. The van der Waals surface area contributed by atoms with E-state index in [1.54, 1.807) is 35.9 Å². The van der Waals surface area contributed by atoms with Gasteiger partial charge in [0.05, 0.1) is 17.5 Å². The number of rotatable bonds is 4. The van der Waals surface area contributed by atoms with E-state index in [-0.39, 0.29) is 0 Å². The zero-order valence-electron chi connectivity index (χ0n) is 13.6. The van der Waals surface area contributed by atoms with Crippen LogP contribution in [0, 0.1) is 0 Å². The summed E-state index contributed by atoms with van der Waals surface area (Å²) < 4.78 is 6.30. The van der Waals surface area contributed by atoms with Gasteiger partial charge in [0.15, 0.2) is 0 Å². The standard InChI is InChI=1S/C19H11BrClN3O2S/c20-13-3-6-17-12(7-13)8-15(18(25)26-17)16-10-27-19(23-16)24-22-9-11-1-4-14(21)5-2-11/h1-10H,(H,23,24). The van der Waals surface area contributed by atoms with Gasteiger partial charge in [-0.3, -0.25) is 5.43 Å². The van der Waals surface area contributed by atoms with E-state index >= 15 is 0 Å². The molecule has 8 heteroatoms. The molecule has 0 saturated heterocycles. The normalized spacial score (nSPS) is 11.3. The Kier molecular flexibility index (Phi) is 5.07. The van der Waals surface area contributed by atoms with Crippen molar-refractivity contribution >= 4 is 61.2 Å². The Balaban J connectivity index is 1.57. The summed E-state index contributed by atoms with van der Waals surface area (Å²) in [6.07, 6.45) is 1.67. The van der Waals surface area contributed by atoms with Crippen molar-refractivity contribution in [2.75, 3.05) is 5.43 Å². The fourth-order valence-electron chi connectivity index (χ4n) is 2.43. The van der Waals surface area contributed by atoms with E-state index in [2.05, 4.69) is 31.4 Å². The third-order valence-corrected chi connectivity index (χ3v) is 5.21. The Hall–Kier alpha value is -2.48. The first-order valence-corrected chi connectivity index (χ1v) is 9.87. The molecule has 4 aromatic rings. The first kappa shape index (κ1) is 17.9. The molecule has 1 N–H and O–H groups in total. The summed E-state index contributed by atoms with van der Waals surface area (Å²) in [5, 5.41) is 8.01. The minimum Gasteiger partial charge on any atom is -0.422 e. The van der Waals surface area contributed by atoms with Crippen molar-refractivity contribution in [2.24, 2.45) is 5.10 Å². The molecule has 0 bridgehead atoms. The minimum atomic E-state index is -0.425. The highest BCUT2D eigenvalue weighted by atomic mass is 79.9. The van der Waals surface area contributed by atoms with Crippen LogP contribution in [0.15, 0.2) is 72.7 Å². The molecule has 2 aromatic heterocycles. The highest BCUT2D eigenvalue weighted by molar-refractivity contribution is 9.10. The number of anilines is 1. The number of thiazole rings is 1. The molecule has 0 saturated carbocycles. The summed E-state index contributed by atoms with van der Waals surface area (Å²) in [6, 6.07) is 14.6. The molecule has 0 spiro atoms. The highest BCUT2D eigenvalue weighted by Gasteiger charge is 2.11. The zero-order valence-corrected chi connectivity index (χ0v) is 16.8. The zero-order chi connectivity index (χ0) is 18.8. The number of nitrogens with one attached hydrogen (secondary N) is 1. The van der Waals surface area contributed by atoms with E-state index in [0.29, 0.717) is 27.0 Å². The van der Waals surface area contributed by atoms with E-state index < -0.39 is 5.63 Å². The molecule has 0 unspecified atom stereocenters. The van der Waals surface area contributed by atoms with Crippen LogP contribution in [0.2, 0.25) is 5.02 Å². The van der Waals surface area contributed by atoms with Gasteiger partial charge >= 0.3 is 5.63 Å². The fourth-order valence-corrected chi connectivity index (χ4v) is 3.60. The molecule has 0 aliphatic carbocycles. The molecule has 2 heterocycles. The highest BCUT2D eigenvalue weighted by Crippen LogP contribution is 2.26. The SMILES string of the molecule is O=c1oc2ccc(Br)cc2cc1-c1csc(NN=Cc2ccc(Cl)cc2)n1. The third-order valence-electron chi connectivity index (χ3n) is 3.72. The molecule has 0 radical (unpaired) electrons. The molecule has 5 nitrogen and oxygen atoms in total. The number of halogens is 2. The third kappa shape index (κ3) is 4.10. The summed E-state index contributed by atoms with van der Waals surface area (Å²) in [5.41, 5.74) is 4.84. The summed E-state index contributed by atoms with van der Waals surface area (Å²) in [5.74, 6) is 0. The summed E-state index contributed by atoms with van der Waals surface area (Å²) >= 11 is 10.6. The number of aromatic nitrogens is 1. The van der Waals surface area contributed by atoms with Crippen molar-refractivity contribution in [3.8, 4) is 11.3 Å². The lowest BCUT2D eigenvalue weighted by molar-refractivity contribution is 0.563. The van der Waals surface area contributed by atoms with E-state index in [4.69, 9.17) is 16.0 Å². The van der Waals surface area contributed by atoms with Gasteiger partial charge in [-0.1, -0.05) is 39.7 Å². The maximum Gasteiger partial charge on any atom is 0.345 e. The maximum absolute atomic E-state index is 12.3. The van der Waals surface area contributed by atoms with Crippen LogP contribution >= 0.6 is 38.9 Å². The van der Waals surface area contributed by atoms with Crippen molar-refractivity contribution in [3.05, 3.63) is 79.4 Å². The van der Waals surface area contributed by atoms with Gasteiger partial charge in [-0.25, -0.2) is 9.78 Å². The van der Waals surface area contributed by atoms with Crippen LogP contribution in [0.4, 0.5) is 5.13 Å². The fraction of sp³-hybridized carbons (Fsp3) is 0. The van der Waals surface area contributed by atoms with Gasteiger partial charge in [-0.05, 0) is 42.0 Å². The summed E-state index contributed by atoms with van der Waals surface area (Å²) in [7, 11) is 0. The average Bonchev–Trinajstić information content (AvgIpc) is 3.12. The molecule has 2 aromatic carbocycles. The predicted molar refractivity (Wildman–Crippen MR) is 114 cm³/mol. The number of nitrogens with zero attached hydrogens (tertiary/aromatic N) is 2. The minimum absolute atomic E-state index is 0.409. The maximum atomic E-state index is 12.3. The monoisotopic (exact) mass is 459 g/mol. The van der Waals surface area contributed by atoms with Gasteiger partial charge in [0.2, 0.25) is 5.13 Å². The number of hydrazone groups is 1. The second-order valence-corrected chi connectivity index (χ2v) is 7.80. The van der Waals surface area contributed by atoms with Gasteiger partial charge in [0.25, 0.3) is 0 Å². The van der Waals surface area contributed by atoms with Crippen LogP contribution in [-0.2, 0) is 0 Å². The number of fused-ring (bicyclic) bond motifs is 1. The predicted octanol–water partition coefficient (Wildman–Crippen LogP) is 5.78. The molecule has 0 fully saturated rings. The number of hydrogen-bond donors (Lipinski definition) is 1. The van der Waals surface area contributed by atoms with E-state index in [0.717, 1.165) is 15.4 Å². The largest absolute Gasteiger partial charge is 0.422 e.